The molecule has 0 aliphatic carbocycles. The van der Waals surface area contributed by atoms with Crippen LogP contribution < -0.4 is 31.9 Å². The minimum atomic E-state index is -4.10. The summed E-state index contributed by atoms with van der Waals surface area (Å²) in [6.45, 7) is 26.7. The van der Waals surface area contributed by atoms with E-state index in [1.807, 2.05) is 126 Å². The van der Waals surface area contributed by atoms with Crippen molar-refractivity contribution in [1.29, 1.82) is 0 Å². The maximum absolute atomic E-state index is 13.4. The number of carbonyl (C=O) groups is 6. The Morgan fingerprint density at radius 3 is 1.11 bits per heavy atom. The Bertz CT molecular complexity index is 7240. The Labute approximate surface area is 838 Å². The summed E-state index contributed by atoms with van der Waals surface area (Å²) in [7, 11) is -18.2. The molecule has 0 spiro atoms. The standard InChI is InChI=1S/C21H28ClN3O5S.C21H22ClN3O3S.2C20H19ClN2O4S.C16H19ClN2O4S/c1-20(2,3)13-15-12-18(30-24-15)25(11-10-17(23)26)19(27)21(4,5)31(28,29)16-8-6-14(22)7-9-16;1-14-18(15-8-6-5-7-9-15)24-25(4)19(14)23-20(26)21(2,3)29(27,28)17-12-10-16(22)11-13-17;1-13-17(14-7-5-4-6-8-14)18(27-23-13)22-19(24)20(2,3)28(25,26)16-11-9-15(21)10-12-16;1-13-17(14-7-5-4-6-8-14)23-27-18(13)22-19(24)20(2,3)28(25,26)16-11-9-15(21)10-12-16;1-4-5-12-10-14(23-19-12)18-15(20)16(2,3)24(21,22)13-8-6-11(17)7-9-13/h6-9,12H,10-11,13H2,1-5H3,(H2,23,26);5-13H,1-4H3,(H,23,26);2*4-12H,1-3H3,(H,22,24);6-10H,4-5H2,1-3H3,(H,18,20). The van der Waals surface area contributed by atoms with Crippen LogP contribution in [0.4, 0.5) is 29.4 Å². The Kier molecular flexibility index (Phi) is 36.0. The second kappa shape index (κ2) is 45.2. The molecule has 13 aromatic rings. The molecule has 0 atom stereocenters. The number of hydrogen-bond donors (Lipinski definition) is 5. The van der Waals surface area contributed by atoms with E-state index in [1.165, 1.54) is 191 Å². The Morgan fingerprint density at radius 1 is 0.393 bits per heavy atom. The number of sulfone groups is 5. The van der Waals surface area contributed by atoms with Crippen molar-refractivity contribution in [3.63, 3.8) is 0 Å². The van der Waals surface area contributed by atoms with Gasteiger partial charge in [-0.05, 0) is 235 Å². The van der Waals surface area contributed by atoms with Gasteiger partial charge in [0.2, 0.25) is 53.1 Å². The van der Waals surface area contributed by atoms with Crippen LogP contribution in [-0.2, 0) is 97.8 Å². The van der Waals surface area contributed by atoms with Gasteiger partial charge in [0.15, 0.2) is 49.2 Å². The van der Waals surface area contributed by atoms with Crippen LogP contribution in [0.25, 0.3) is 33.6 Å². The third-order valence-electron chi connectivity index (χ3n) is 22.2. The van der Waals surface area contributed by atoms with Crippen molar-refractivity contribution in [3.8, 4) is 33.6 Å². The molecule has 0 unspecified atom stereocenters. The lowest BCUT2D eigenvalue weighted by molar-refractivity contribution is -0.121. The van der Waals surface area contributed by atoms with Crippen molar-refractivity contribution in [1.82, 2.24) is 30.4 Å². The van der Waals surface area contributed by atoms with Gasteiger partial charge >= 0.3 is 0 Å². The highest BCUT2D eigenvalue weighted by molar-refractivity contribution is 7.95. The first-order chi connectivity index (χ1) is 65.2. The number of primary amides is 1. The van der Waals surface area contributed by atoms with Gasteiger partial charge in [-0.15, -0.1) is 0 Å². The van der Waals surface area contributed by atoms with Crippen molar-refractivity contribution < 1.29 is 88.9 Å². The molecule has 0 radical (unpaired) electrons. The summed E-state index contributed by atoms with van der Waals surface area (Å²) >= 11 is 29.1. The van der Waals surface area contributed by atoms with Gasteiger partial charge in [-0.3, -0.25) is 54.3 Å². The number of carbonyl (C=O) groups excluding carboxylic acids is 6. The Morgan fingerprint density at radius 2 is 0.736 bits per heavy atom. The molecule has 0 saturated carbocycles. The summed E-state index contributed by atoms with van der Waals surface area (Å²) < 4.78 is 144. The molecular formula is C98H107Cl5N12O20S5. The van der Waals surface area contributed by atoms with Crippen molar-refractivity contribution in [2.75, 3.05) is 32.7 Å². The molecule has 0 bridgehead atoms. The van der Waals surface area contributed by atoms with Gasteiger partial charge in [0.25, 0.3) is 5.91 Å². The fourth-order valence-electron chi connectivity index (χ4n) is 13.2. The lowest BCUT2D eigenvalue weighted by Crippen LogP contribution is -2.51. The number of nitrogens with zero attached hydrogens (tertiary/aromatic N) is 7. The van der Waals surface area contributed by atoms with Crippen molar-refractivity contribution in [3.05, 3.63) is 278 Å². The first kappa shape index (κ1) is 111. The van der Waals surface area contributed by atoms with Crippen molar-refractivity contribution in [2.45, 2.75) is 192 Å². The monoisotopic (exact) mass is 2110 g/mol. The van der Waals surface area contributed by atoms with Crippen molar-refractivity contribution >= 4 is 172 Å². The van der Waals surface area contributed by atoms with Gasteiger partial charge in [-0.2, -0.15) is 5.10 Å². The molecule has 0 fully saturated rings. The zero-order chi connectivity index (χ0) is 104. The zero-order valence-corrected chi connectivity index (χ0v) is 87.6. The number of anilines is 5. The maximum Gasteiger partial charge on any atom is 0.250 e. The fraction of sp³-hybridized carbons (Fsp3) is 0.296. The SMILES string of the molecule is CC(C)(C)Cc1cc(N(CCC(N)=O)C(=O)C(C)(C)S(=O)(=O)c2ccc(Cl)cc2)on1.CCCc1cc(NC(=O)C(C)(C)S(=O)(=O)c2ccc(Cl)cc2)on1.Cc1c(-c2ccccc2)nn(C)c1NC(=O)C(C)(C)S(=O)(=O)c1ccc(Cl)cc1.Cc1c(-c2ccccc2)noc1NC(=O)C(C)(C)S(=O)(=O)c1ccc(Cl)cc1.Cc1noc(NC(=O)C(C)(C)S(=O)(=O)c2ccc(Cl)cc2)c1-c1ccccc1. The molecule has 32 nitrogen and oxygen atoms in total. The van der Waals surface area contributed by atoms with Gasteiger partial charge < -0.3 is 29.1 Å². The third-order valence-corrected chi connectivity index (χ3v) is 35.6. The summed E-state index contributed by atoms with van der Waals surface area (Å²) in [5.74, 6) is -3.32. The zero-order valence-electron chi connectivity index (χ0n) is 79.7. The lowest BCUT2D eigenvalue weighted by atomic mass is 9.91. The number of hydrogen-bond acceptors (Lipinski definition) is 25. The predicted octanol–water partition coefficient (Wildman–Crippen LogP) is 20.1. The largest absolute Gasteiger partial charge is 0.370 e. The van der Waals surface area contributed by atoms with Gasteiger partial charge in [-0.1, -0.05) is 204 Å². The van der Waals surface area contributed by atoms with Crippen LogP contribution >= 0.6 is 58.0 Å². The van der Waals surface area contributed by atoms with E-state index in [1.54, 1.807) is 37.7 Å². The van der Waals surface area contributed by atoms with Crippen LogP contribution in [0.1, 0.15) is 138 Å². The summed E-state index contributed by atoms with van der Waals surface area (Å²) in [6, 6.07) is 59.8. The highest BCUT2D eigenvalue weighted by atomic mass is 35.5. The number of aryl methyl sites for hydroxylation is 3. The van der Waals surface area contributed by atoms with Crippen molar-refractivity contribution in [2.24, 2.45) is 18.2 Å². The van der Waals surface area contributed by atoms with Gasteiger partial charge in [0, 0.05) is 79.5 Å². The van der Waals surface area contributed by atoms with E-state index in [2.05, 4.69) is 47.0 Å². The quantitative estimate of drug-likeness (QED) is 0.0291. The normalized spacial score (nSPS) is 12.2. The van der Waals surface area contributed by atoms with Crippen LogP contribution in [-0.4, -0.2) is 138 Å². The summed E-state index contributed by atoms with van der Waals surface area (Å²) in [5.41, 5.74) is 12.9. The number of rotatable bonds is 29. The average molecular weight is 2110 g/mol. The molecule has 5 heterocycles. The lowest BCUT2D eigenvalue weighted by Gasteiger charge is -2.29. The predicted molar refractivity (Wildman–Crippen MR) is 541 cm³/mol. The van der Waals surface area contributed by atoms with Gasteiger partial charge in [0.1, 0.15) is 35.2 Å². The Balaban J connectivity index is 0.000000196. The number of amides is 6. The summed E-state index contributed by atoms with van der Waals surface area (Å²) in [5, 5.41) is 32.6. The molecule has 140 heavy (non-hydrogen) atoms. The fourth-order valence-corrected chi connectivity index (χ4v) is 20.8. The van der Waals surface area contributed by atoms with E-state index in [4.69, 9.17) is 81.8 Å². The minimum absolute atomic E-state index is 0.00841. The van der Waals surface area contributed by atoms with E-state index < -0.39 is 108 Å². The number of nitrogens with one attached hydrogen (secondary N) is 4. The molecule has 6 amide bonds. The minimum Gasteiger partial charge on any atom is -0.370 e. The summed E-state index contributed by atoms with van der Waals surface area (Å²) in [4.78, 5) is 77.2. The van der Waals surface area contributed by atoms with E-state index in [0.29, 0.717) is 77.7 Å². The van der Waals surface area contributed by atoms with E-state index in [-0.39, 0.29) is 66.4 Å². The van der Waals surface area contributed by atoms with E-state index in [9.17, 15) is 70.9 Å². The molecule has 8 aromatic carbocycles. The topological polar surface area (TPSA) is 472 Å². The average Bonchev–Trinajstić information content (AvgIpc) is 0.893. The van der Waals surface area contributed by atoms with Gasteiger partial charge in [-0.25, -0.2) is 42.1 Å². The molecule has 6 N–H and O–H groups in total. The first-order valence-electron chi connectivity index (χ1n) is 43.1. The van der Waals surface area contributed by atoms with Gasteiger partial charge in [0.05, 0.1) is 52.8 Å². The highest BCUT2D eigenvalue weighted by Crippen LogP contribution is 2.40. The number of halogens is 5. The molecule has 5 aromatic heterocycles. The number of nitrogens with two attached hydrogens (primary N) is 1. The molecule has 744 valence electrons. The van der Waals surface area contributed by atoms with E-state index >= 15 is 0 Å². The molecule has 0 aliphatic heterocycles. The smallest absolute Gasteiger partial charge is 0.250 e. The third kappa shape index (κ3) is 25.8. The second-order valence-corrected chi connectivity index (χ2v) is 50.3. The van der Waals surface area contributed by atoms with Crippen LogP contribution in [0.15, 0.2) is 267 Å². The van der Waals surface area contributed by atoms with Crippen LogP contribution in [0.5, 0.6) is 0 Å². The molecule has 13 rings (SSSR count). The molecular weight excluding hydrogens is 2000 g/mol. The highest BCUT2D eigenvalue weighted by Gasteiger charge is 2.50. The molecule has 0 aliphatic rings. The second-order valence-electron chi connectivity index (χ2n) is 35.7. The van der Waals surface area contributed by atoms with Crippen LogP contribution in [0.2, 0.25) is 25.1 Å². The Hall–Kier alpha value is -12.2. The summed E-state index contributed by atoms with van der Waals surface area (Å²) in [6.07, 6.45) is 2.02. The number of aromatic nitrogens is 6. The first-order valence-corrected chi connectivity index (χ1v) is 52.4. The van der Waals surface area contributed by atoms with Crippen LogP contribution in [0.3, 0.4) is 0 Å². The van der Waals surface area contributed by atoms with Crippen LogP contribution in [0, 0.1) is 26.2 Å². The maximum atomic E-state index is 13.4. The molecule has 42 heteroatoms. The number of benzene rings is 8. The molecule has 0 saturated heterocycles. The van der Waals surface area contributed by atoms with E-state index in [0.717, 1.165) is 39.3 Å².